The van der Waals surface area contributed by atoms with Crippen molar-refractivity contribution < 1.29 is 14.7 Å². The van der Waals surface area contributed by atoms with Gasteiger partial charge in [0.2, 0.25) is 11.8 Å². The minimum atomic E-state index is -0.102. The van der Waals surface area contributed by atoms with E-state index in [9.17, 15) is 9.59 Å². The Balaban J connectivity index is 2.27. The van der Waals surface area contributed by atoms with Crippen LogP contribution in [0.5, 0.6) is 0 Å². The lowest BCUT2D eigenvalue weighted by atomic mass is 10.1. The number of hydrogen-bond donors (Lipinski definition) is 2. The smallest absolute Gasteiger partial charge is 0.239 e. The number of likely N-dealkylation sites (tertiary alicyclic amines) is 1. The average molecular weight is 256 g/mol. The van der Waals surface area contributed by atoms with Gasteiger partial charge in [-0.1, -0.05) is 13.3 Å². The third-order valence-electron chi connectivity index (χ3n) is 3.28. The van der Waals surface area contributed by atoms with Gasteiger partial charge < -0.3 is 15.3 Å². The first kappa shape index (κ1) is 15.0. The van der Waals surface area contributed by atoms with Gasteiger partial charge in [0.05, 0.1) is 6.54 Å². The van der Waals surface area contributed by atoms with E-state index >= 15 is 0 Å². The van der Waals surface area contributed by atoms with E-state index in [1.807, 2.05) is 6.92 Å². The van der Waals surface area contributed by atoms with Crippen LogP contribution in [-0.4, -0.2) is 48.1 Å². The first-order chi connectivity index (χ1) is 8.63. The van der Waals surface area contributed by atoms with Gasteiger partial charge >= 0.3 is 0 Å². The highest BCUT2D eigenvalue weighted by Gasteiger charge is 2.19. The van der Waals surface area contributed by atoms with Gasteiger partial charge in [0.1, 0.15) is 0 Å². The Labute approximate surface area is 109 Å². The topological polar surface area (TPSA) is 69.6 Å². The molecular weight excluding hydrogens is 232 g/mol. The first-order valence-corrected chi connectivity index (χ1v) is 6.79. The first-order valence-electron chi connectivity index (χ1n) is 6.79. The second-order valence-electron chi connectivity index (χ2n) is 5.05. The number of hydrogen-bond acceptors (Lipinski definition) is 3. The van der Waals surface area contributed by atoms with E-state index < -0.39 is 0 Å². The molecule has 0 saturated carbocycles. The third-order valence-corrected chi connectivity index (χ3v) is 3.28. The molecule has 1 saturated heterocycles. The largest absolute Gasteiger partial charge is 0.396 e. The van der Waals surface area contributed by atoms with E-state index in [4.69, 9.17) is 5.11 Å². The van der Waals surface area contributed by atoms with Crippen LogP contribution in [0.4, 0.5) is 0 Å². The van der Waals surface area contributed by atoms with E-state index in [-0.39, 0.29) is 30.9 Å². The Bertz CT molecular complexity index is 281. The van der Waals surface area contributed by atoms with Gasteiger partial charge in [0, 0.05) is 26.1 Å². The van der Waals surface area contributed by atoms with Crippen LogP contribution in [0.25, 0.3) is 0 Å². The number of aliphatic hydroxyl groups excluding tert-OH is 1. The SMILES string of the molecule is CC(CCO)CNC(=O)CN1CCCCCC1=O. The second-order valence-corrected chi connectivity index (χ2v) is 5.05. The van der Waals surface area contributed by atoms with Gasteiger partial charge in [-0.3, -0.25) is 9.59 Å². The van der Waals surface area contributed by atoms with E-state index in [0.29, 0.717) is 25.9 Å². The fraction of sp³-hybridized carbons (Fsp3) is 0.846. The van der Waals surface area contributed by atoms with E-state index in [0.717, 1.165) is 19.3 Å². The number of carbonyl (C=O) groups excluding carboxylic acids is 2. The summed E-state index contributed by atoms with van der Waals surface area (Å²) in [7, 11) is 0. The number of nitrogens with one attached hydrogen (secondary N) is 1. The van der Waals surface area contributed by atoms with Gasteiger partial charge in [0.15, 0.2) is 0 Å². The molecule has 0 spiro atoms. The molecule has 1 heterocycles. The van der Waals surface area contributed by atoms with Crippen molar-refractivity contribution >= 4 is 11.8 Å². The van der Waals surface area contributed by atoms with Gasteiger partial charge in [-0.15, -0.1) is 0 Å². The zero-order valence-corrected chi connectivity index (χ0v) is 11.2. The molecule has 5 heteroatoms. The van der Waals surface area contributed by atoms with Crippen molar-refractivity contribution in [1.82, 2.24) is 10.2 Å². The quantitative estimate of drug-likeness (QED) is 0.728. The molecule has 5 nitrogen and oxygen atoms in total. The highest BCUT2D eigenvalue weighted by Crippen LogP contribution is 2.10. The molecule has 0 bridgehead atoms. The van der Waals surface area contributed by atoms with Crippen LogP contribution in [-0.2, 0) is 9.59 Å². The molecule has 1 rings (SSSR count). The van der Waals surface area contributed by atoms with E-state index in [1.54, 1.807) is 4.90 Å². The standard InChI is InChI=1S/C13H24N2O3/c1-11(6-8-16)9-14-12(17)10-15-7-4-2-3-5-13(15)18/h11,16H,2-10H2,1H3,(H,14,17). The van der Waals surface area contributed by atoms with E-state index in [1.165, 1.54) is 0 Å². The molecule has 1 atom stereocenters. The molecule has 0 aliphatic carbocycles. The fourth-order valence-electron chi connectivity index (χ4n) is 2.05. The van der Waals surface area contributed by atoms with Crippen LogP contribution < -0.4 is 5.32 Å². The van der Waals surface area contributed by atoms with Crippen molar-refractivity contribution in [3.63, 3.8) is 0 Å². The molecule has 0 radical (unpaired) electrons. The molecular formula is C13H24N2O3. The molecule has 1 unspecified atom stereocenters. The highest BCUT2D eigenvalue weighted by molar-refractivity contribution is 5.84. The summed E-state index contributed by atoms with van der Waals surface area (Å²) >= 11 is 0. The minimum Gasteiger partial charge on any atom is -0.396 e. The summed E-state index contributed by atoms with van der Waals surface area (Å²) in [5.74, 6) is 0.250. The van der Waals surface area contributed by atoms with Crippen molar-refractivity contribution in [3.8, 4) is 0 Å². The molecule has 0 aromatic carbocycles. The monoisotopic (exact) mass is 256 g/mol. The summed E-state index contributed by atoms with van der Waals surface area (Å²) in [4.78, 5) is 25.1. The number of nitrogens with zero attached hydrogens (tertiary/aromatic N) is 1. The fourth-order valence-corrected chi connectivity index (χ4v) is 2.05. The van der Waals surface area contributed by atoms with Crippen molar-refractivity contribution in [3.05, 3.63) is 0 Å². The number of amides is 2. The number of aliphatic hydroxyl groups is 1. The summed E-state index contributed by atoms with van der Waals surface area (Å²) in [6.07, 6.45) is 4.24. The van der Waals surface area contributed by atoms with Crippen LogP contribution in [0.2, 0.25) is 0 Å². The Morgan fingerprint density at radius 2 is 2.22 bits per heavy atom. The van der Waals surface area contributed by atoms with E-state index in [2.05, 4.69) is 5.32 Å². The lowest BCUT2D eigenvalue weighted by Gasteiger charge is -2.20. The molecule has 1 aliphatic rings. The number of carbonyl (C=O) groups is 2. The van der Waals surface area contributed by atoms with Gasteiger partial charge in [-0.25, -0.2) is 0 Å². The summed E-state index contributed by atoms with van der Waals surface area (Å²) in [6, 6.07) is 0. The summed E-state index contributed by atoms with van der Waals surface area (Å²) in [5, 5.41) is 11.6. The van der Waals surface area contributed by atoms with Crippen LogP contribution >= 0.6 is 0 Å². The summed E-state index contributed by atoms with van der Waals surface area (Å²) < 4.78 is 0. The zero-order valence-electron chi connectivity index (χ0n) is 11.2. The lowest BCUT2D eigenvalue weighted by molar-refractivity contribution is -0.135. The minimum absolute atomic E-state index is 0.0889. The normalized spacial score (nSPS) is 18.3. The summed E-state index contributed by atoms with van der Waals surface area (Å²) in [5.41, 5.74) is 0. The molecule has 104 valence electrons. The van der Waals surface area contributed by atoms with Crippen molar-refractivity contribution in [2.45, 2.75) is 39.0 Å². The zero-order chi connectivity index (χ0) is 13.4. The maximum Gasteiger partial charge on any atom is 0.239 e. The Kier molecular flexibility index (Phi) is 6.72. The van der Waals surface area contributed by atoms with Crippen LogP contribution in [0.1, 0.15) is 39.0 Å². The maximum absolute atomic E-state index is 11.7. The Hall–Kier alpha value is -1.10. The van der Waals surface area contributed by atoms with Gasteiger partial charge in [0.25, 0.3) is 0 Å². The van der Waals surface area contributed by atoms with Crippen molar-refractivity contribution in [1.29, 1.82) is 0 Å². The van der Waals surface area contributed by atoms with Gasteiger partial charge in [-0.05, 0) is 25.2 Å². The van der Waals surface area contributed by atoms with Crippen LogP contribution in [0.3, 0.4) is 0 Å². The molecule has 2 N–H and O–H groups in total. The van der Waals surface area contributed by atoms with Gasteiger partial charge in [-0.2, -0.15) is 0 Å². The number of rotatable bonds is 6. The molecule has 18 heavy (non-hydrogen) atoms. The maximum atomic E-state index is 11.7. The third kappa shape index (κ3) is 5.49. The predicted molar refractivity (Wildman–Crippen MR) is 68.9 cm³/mol. The highest BCUT2D eigenvalue weighted by atomic mass is 16.3. The molecule has 1 aliphatic heterocycles. The Morgan fingerprint density at radius 1 is 1.44 bits per heavy atom. The van der Waals surface area contributed by atoms with Crippen LogP contribution in [0, 0.1) is 5.92 Å². The summed E-state index contributed by atoms with van der Waals surface area (Å²) in [6.45, 7) is 3.54. The Morgan fingerprint density at radius 3 is 2.94 bits per heavy atom. The molecule has 0 aromatic rings. The van der Waals surface area contributed by atoms with Crippen molar-refractivity contribution in [2.24, 2.45) is 5.92 Å². The molecule has 1 fully saturated rings. The van der Waals surface area contributed by atoms with Crippen LogP contribution in [0.15, 0.2) is 0 Å². The molecule has 0 aromatic heterocycles. The molecule has 2 amide bonds. The lowest BCUT2D eigenvalue weighted by Crippen LogP contribution is -2.41. The predicted octanol–water partition coefficient (Wildman–Crippen LogP) is 0.524. The second kappa shape index (κ2) is 8.08. The average Bonchev–Trinajstić information content (AvgIpc) is 2.53. The van der Waals surface area contributed by atoms with Crippen molar-refractivity contribution in [2.75, 3.05) is 26.2 Å².